The van der Waals surface area contributed by atoms with Gasteiger partial charge in [-0.2, -0.15) is 0 Å². The minimum Gasteiger partial charge on any atom is -0.491 e. The fourth-order valence-corrected chi connectivity index (χ4v) is 4.15. The summed E-state index contributed by atoms with van der Waals surface area (Å²) in [5.74, 6) is 0.170. The first-order valence-electron chi connectivity index (χ1n) is 9.23. The van der Waals surface area contributed by atoms with Gasteiger partial charge in [-0.15, -0.1) is 22.7 Å². The molecular formula is C21H23N3O3S2. The van der Waals surface area contributed by atoms with E-state index in [9.17, 15) is 9.59 Å². The molecule has 0 fully saturated rings. The Morgan fingerprint density at radius 3 is 2.52 bits per heavy atom. The van der Waals surface area contributed by atoms with Crippen molar-refractivity contribution < 1.29 is 14.3 Å². The van der Waals surface area contributed by atoms with Gasteiger partial charge in [-0.1, -0.05) is 0 Å². The summed E-state index contributed by atoms with van der Waals surface area (Å²) in [6.07, 6.45) is 0.0726. The van der Waals surface area contributed by atoms with Crippen LogP contribution < -0.4 is 15.4 Å². The molecule has 6 nitrogen and oxygen atoms in total. The topological polar surface area (TPSA) is 80.3 Å². The SMILES string of the molecule is Cc1nc(-c2ccc(CNC(=O)CNC(=O)c3ccc(OC(C)C)cc3)s2)cs1. The number of carbonyl (C=O) groups excluding carboxylic acids is 2. The molecule has 2 aromatic heterocycles. The highest BCUT2D eigenvalue weighted by Crippen LogP contribution is 2.28. The number of thiazole rings is 1. The van der Waals surface area contributed by atoms with Gasteiger partial charge in [-0.3, -0.25) is 9.59 Å². The minimum absolute atomic E-state index is 0.0726. The van der Waals surface area contributed by atoms with E-state index in [0.717, 1.165) is 20.5 Å². The van der Waals surface area contributed by atoms with E-state index in [2.05, 4.69) is 15.6 Å². The number of ether oxygens (including phenoxy) is 1. The lowest BCUT2D eigenvalue weighted by molar-refractivity contribution is -0.120. The number of nitrogens with one attached hydrogen (secondary N) is 2. The molecule has 0 aliphatic rings. The van der Waals surface area contributed by atoms with E-state index in [1.807, 2.05) is 38.3 Å². The first-order chi connectivity index (χ1) is 13.9. The number of carbonyl (C=O) groups is 2. The van der Waals surface area contributed by atoms with Gasteiger partial charge in [0.25, 0.3) is 5.91 Å². The van der Waals surface area contributed by atoms with Gasteiger partial charge in [0, 0.05) is 15.8 Å². The number of aromatic nitrogens is 1. The van der Waals surface area contributed by atoms with Gasteiger partial charge in [0.2, 0.25) is 5.91 Å². The van der Waals surface area contributed by atoms with Crippen LogP contribution in [0.5, 0.6) is 5.75 Å². The van der Waals surface area contributed by atoms with E-state index in [1.165, 1.54) is 0 Å². The molecular weight excluding hydrogens is 406 g/mol. The Labute approximate surface area is 178 Å². The number of rotatable bonds is 8. The third-order valence-electron chi connectivity index (χ3n) is 3.89. The summed E-state index contributed by atoms with van der Waals surface area (Å²) in [5, 5.41) is 8.51. The molecule has 2 heterocycles. The van der Waals surface area contributed by atoms with Crippen molar-refractivity contribution in [3.05, 3.63) is 57.2 Å². The van der Waals surface area contributed by atoms with Crippen LogP contribution in [0.25, 0.3) is 10.6 Å². The molecule has 0 unspecified atom stereocenters. The standard InChI is InChI=1S/C21H23N3O3S2/c1-13(2)27-16-6-4-15(5-7-16)21(26)23-11-20(25)22-10-17-8-9-19(29-17)18-12-28-14(3)24-18/h4-9,12-13H,10-11H2,1-3H3,(H,22,25)(H,23,26). The summed E-state index contributed by atoms with van der Waals surface area (Å²) in [4.78, 5) is 30.8. The average molecular weight is 430 g/mol. The number of aryl methyl sites for hydroxylation is 1. The second-order valence-electron chi connectivity index (χ2n) is 6.67. The highest BCUT2D eigenvalue weighted by Gasteiger charge is 2.10. The molecule has 0 bridgehead atoms. The molecule has 29 heavy (non-hydrogen) atoms. The van der Waals surface area contributed by atoms with E-state index in [4.69, 9.17) is 4.74 Å². The van der Waals surface area contributed by atoms with Crippen LogP contribution in [0.15, 0.2) is 41.8 Å². The molecule has 0 spiro atoms. The zero-order valence-electron chi connectivity index (χ0n) is 16.5. The monoisotopic (exact) mass is 429 g/mol. The molecule has 0 aliphatic heterocycles. The zero-order valence-corrected chi connectivity index (χ0v) is 18.2. The zero-order chi connectivity index (χ0) is 20.8. The average Bonchev–Trinajstić information content (AvgIpc) is 3.33. The normalized spacial score (nSPS) is 10.8. The fraction of sp³-hybridized carbons (Fsp3) is 0.286. The van der Waals surface area contributed by atoms with Gasteiger partial charge < -0.3 is 15.4 Å². The number of amides is 2. The first-order valence-corrected chi connectivity index (χ1v) is 10.9. The molecule has 0 atom stereocenters. The van der Waals surface area contributed by atoms with Gasteiger partial charge in [0.15, 0.2) is 0 Å². The lowest BCUT2D eigenvalue weighted by Crippen LogP contribution is -2.36. The van der Waals surface area contributed by atoms with Crippen LogP contribution >= 0.6 is 22.7 Å². The predicted octanol–water partition coefficient (Wildman–Crippen LogP) is 4.01. The highest BCUT2D eigenvalue weighted by molar-refractivity contribution is 7.16. The van der Waals surface area contributed by atoms with E-state index in [-0.39, 0.29) is 24.5 Å². The van der Waals surface area contributed by atoms with Crippen molar-refractivity contribution >= 4 is 34.5 Å². The summed E-state index contributed by atoms with van der Waals surface area (Å²) in [7, 11) is 0. The Kier molecular flexibility index (Phi) is 7.00. The second-order valence-corrected chi connectivity index (χ2v) is 8.90. The number of thiophene rings is 1. The smallest absolute Gasteiger partial charge is 0.251 e. The third-order valence-corrected chi connectivity index (χ3v) is 5.77. The van der Waals surface area contributed by atoms with E-state index in [1.54, 1.807) is 46.9 Å². The van der Waals surface area contributed by atoms with E-state index in [0.29, 0.717) is 17.9 Å². The fourth-order valence-electron chi connectivity index (χ4n) is 2.56. The first kappa shape index (κ1) is 21.0. The Hall–Kier alpha value is -2.71. The molecule has 0 radical (unpaired) electrons. The van der Waals surface area contributed by atoms with Crippen molar-refractivity contribution in [2.75, 3.05) is 6.54 Å². The lowest BCUT2D eigenvalue weighted by Gasteiger charge is -2.10. The van der Waals surface area contributed by atoms with Crippen molar-refractivity contribution in [3.8, 4) is 16.3 Å². The Morgan fingerprint density at radius 2 is 1.86 bits per heavy atom. The van der Waals surface area contributed by atoms with Crippen LogP contribution in [-0.2, 0) is 11.3 Å². The molecule has 3 aromatic rings. The number of hydrogen-bond donors (Lipinski definition) is 2. The number of nitrogens with zero attached hydrogens (tertiary/aromatic N) is 1. The molecule has 2 N–H and O–H groups in total. The van der Waals surface area contributed by atoms with Crippen LogP contribution in [0.2, 0.25) is 0 Å². The quantitative estimate of drug-likeness (QED) is 0.567. The van der Waals surface area contributed by atoms with Crippen LogP contribution in [0.1, 0.15) is 34.1 Å². The number of benzene rings is 1. The Balaban J connectivity index is 1.44. The van der Waals surface area contributed by atoms with Gasteiger partial charge >= 0.3 is 0 Å². The van der Waals surface area contributed by atoms with Crippen molar-refractivity contribution in [2.24, 2.45) is 0 Å². The second kappa shape index (κ2) is 9.67. The lowest BCUT2D eigenvalue weighted by atomic mass is 10.2. The molecule has 0 saturated carbocycles. The third kappa shape index (κ3) is 6.13. The van der Waals surface area contributed by atoms with Crippen LogP contribution in [0.3, 0.4) is 0 Å². The van der Waals surface area contributed by atoms with E-state index >= 15 is 0 Å². The summed E-state index contributed by atoms with van der Waals surface area (Å²) in [6, 6.07) is 10.8. The molecule has 152 valence electrons. The van der Waals surface area contributed by atoms with Gasteiger partial charge in [0.1, 0.15) is 5.75 Å². The summed E-state index contributed by atoms with van der Waals surface area (Å²) in [6.45, 7) is 6.20. The molecule has 3 rings (SSSR count). The van der Waals surface area contributed by atoms with Crippen LogP contribution in [0.4, 0.5) is 0 Å². The molecule has 2 amide bonds. The van der Waals surface area contributed by atoms with Crippen molar-refractivity contribution in [1.29, 1.82) is 0 Å². The summed E-state index contributed by atoms with van der Waals surface area (Å²) in [5.41, 5.74) is 1.45. The van der Waals surface area contributed by atoms with Gasteiger partial charge in [-0.25, -0.2) is 4.98 Å². The maximum Gasteiger partial charge on any atom is 0.251 e. The van der Waals surface area contributed by atoms with Crippen LogP contribution in [-0.4, -0.2) is 29.4 Å². The summed E-state index contributed by atoms with van der Waals surface area (Å²) >= 11 is 3.21. The van der Waals surface area contributed by atoms with Crippen molar-refractivity contribution in [1.82, 2.24) is 15.6 Å². The van der Waals surface area contributed by atoms with Crippen molar-refractivity contribution in [2.45, 2.75) is 33.4 Å². The Bertz CT molecular complexity index is 977. The molecule has 0 aliphatic carbocycles. The maximum atomic E-state index is 12.2. The number of hydrogen-bond acceptors (Lipinski definition) is 6. The molecule has 1 aromatic carbocycles. The predicted molar refractivity (Wildman–Crippen MR) is 117 cm³/mol. The van der Waals surface area contributed by atoms with E-state index < -0.39 is 0 Å². The molecule has 8 heteroatoms. The van der Waals surface area contributed by atoms with Crippen LogP contribution in [0, 0.1) is 6.92 Å². The largest absolute Gasteiger partial charge is 0.491 e. The van der Waals surface area contributed by atoms with Gasteiger partial charge in [0.05, 0.1) is 34.8 Å². The summed E-state index contributed by atoms with van der Waals surface area (Å²) < 4.78 is 5.55. The Morgan fingerprint density at radius 1 is 1.10 bits per heavy atom. The minimum atomic E-state index is -0.298. The van der Waals surface area contributed by atoms with Crippen molar-refractivity contribution in [3.63, 3.8) is 0 Å². The highest BCUT2D eigenvalue weighted by atomic mass is 32.1. The maximum absolute atomic E-state index is 12.2. The molecule has 0 saturated heterocycles. The van der Waals surface area contributed by atoms with Gasteiger partial charge in [-0.05, 0) is 57.2 Å².